The third-order valence-electron chi connectivity index (χ3n) is 4.80. The van der Waals surface area contributed by atoms with Crippen LogP contribution in [0.4, 0.5) is 0 Å². The zero-order valence-electron chi connectivity index (χ0n) is 11.9. The van der Waals surface area contributed by atoms with Gasteiger partial charge in [-0.25, -0.2) is 0 Å². The van der Waals surface area contributed by atoms with Gasteiger partial charge in [0.2, 0.25) is 0 Å². The molecule has 0 radical (unpaired) electrons. The van der Waals surface area contributed by atoms with Gasteiger partial charge in [-0.2, -0.15) is 0 Å². The first kappa shape index (κ1) is 13.9. The Labute approximate surface area is 124 Å². The number of nitrogens with zero attached hydrogens (tertiary/aromatic N) is 1. The summed E-state index contributed by atoms with van der Waals surface area (Å²) in [5.74, 6) is 0.0950. The van der Waals surface area contributed by atoms with E-state index in [-0.39, 0.29) is 18.0 Å². The van der Waals surface area contributed by atoms with E-state index in [1.165, 1.54) is 18.9 Å². The molecule has 2 fully saturated rings. The van der Waals surface area contributed by atoms with Crippen molar-refractivity contribution in [2.45, 2.75) is 50.3 Å². The van der Waals surface area contributed by atoms with E-state index in [0.717, 1.165) is 17.9 Å². The molecule has 2 heterocycles. The topological polar surface area (TPSA) is 29.5 Å². The summed E-state index contributed by atoms with van der Waals surface area (Å²) in [6, 6.07) is 8.91. The molecule has 2 aliphatic rings. The summed E-state index contributed by atoms with van der Waals surface area (Å²) < 4.78 is 5.68. The maximum atomic E-state index is 11.5. The van der Waals surface area contributed by atoms with Crippen molar-refractivity contribution in [2.24, 2.45) is 0 Å². The summed E-state index contributed by atoms with van der Waals surface area (Å²) in [6.07, 6.45) is 3.32. The van der Waals surface area contributed by atoms with Gasteiger partial charge in [0.25, 0.3) is 0 Å². The van der Waals surface area contributed by atoms with Gasteiger partial charge in [-0.05, 0) is 44.0 Å². The number of carbonyl (C=O) groups excluding carboxylic acids is 1. The molecule has 0 unspecified atom stereocenters. The van der Waals surface area contributed by atoms with Crippen LogP contribution in [0.15, 0.2) is 24.3 Å². The molecule has 0 spiro atoms. The quantitative estimate of drug-likeness (QED) is 0.784. The van der Waals surface area contributed by atoms with E-state index in [0.29, 0.717) is 12.1 Å². The molecule has 0 aliphatic carbocycles. The fraction of sp³-hybridized carbons (Fsp3) is 0.562. The number of likely N-dealkylation sites (N-methyl/N-ethyl adjacent to an activating group) is 1. The van der Waals surface area contributed by atoms with E-state index in [9.17, 15) is 4.79 Å². The van der Waals surface area contributed by atoms with Crippen LogP contribution in [0.3, 0.4) is 0 Å². The molecule has 2 aliphatic heterocycles. The molecule has 3 rings (SSSR count). The lowest BCUT2D eigenvalue weighted by atomic mass is 9.82. The van der Waals surface area contributed by atoms with Gasteiger partial charge in [-0.3, -0.25) is 9.69 Å². The van der Waals surface area contributed by atoms with Gasteiger partial charge in [0, 0.05) is 29.9 Å². The molecule has 1 aromatic carbocycles. The average Bonchev–Trinajstić information content (AvgIpc) is 2.65. The van der Waals surface area contributed by atoms with E-state index in [2.05, 4.69) is 24.1 Å². The van der Waals surface area contributed by atoms with Crippen LogP contribution in [0.5, 0.6) is 0 Å². The largest absolute Gasteiger partial charge is 0.460 e. The van der Waals surface area contributed by atoms with Crippen LogP contribution in [0.2, 0.25) is 5.02 Å². The highest BCUT2D eigenvalue weighted by Crippen LogP contribution is 2.44. The van der Waals surface area contributed by atoms with Crippen molar-refractivity contribution >= 4 is 17.6 Å². The first-order chi connectivity index (χ1) is 9.56. The first-order valence-electron chi connectivity index (χ1n) is 7.21. The highest BCUT2D eigenvalue weighted by atomic mass is 35.5. The molecule has 2 bridgehead atoms. The molecule has 0 N–H and O–H groups in total. The summed E-state index contributed by atoms with van der Waals surface area (Å²) in [7, 11) is 2.15. The van der Waals surface area contributed by atoms with Crippen LogP contribution in [-0.2, 0) is 9.53 Å². The van der Waals surface area contributed by atoms with Gasteiger partial charge in [-0.15, -0.1) is 0 Å². The zero-order valence-corrected chi connectivity index (χ0v) is 12.6. The van der Waals surface area contributed by atoms with Gasteiger partial charge in [-0.1, -0.05) is 23.7 Å². The van der Waals surface area contributed by atoms with Crippen LogP contribution in [0.1, 0.15) is 37.7 Å². The molecule has 3 nitrogen and oxygen atoms in total. The average molecular weight is 294 g/mol. The minimum absolute atomic E-state index is 0.0441. The van der Waals surface area contributed by atoms with E-state index in [1.54, 1.807) is 0 Å². The monoisotopic (exact) mass is 293 g/mol. The number of carbonyl (C=O) groups is 1. The van der Waals surface area contributed by atoms with Crippen LogP contribution >= 0.6 is 11.6 Å². The smallest absolute Gasteiger partial charge is 0.302 e. The van der Waals surface area contributed by atoms with Gasteiger partial charge in [0.1, 0.15) is 6.10 Å². The second-order valence-corrected chi connectivity index (χ2v) is 6.37. The van der Waals surface area contributed by atoms with E-state index in [4.69, 9.17) is 16.3 Å². The maximum absolute atomic E-state index is 11.5. The van der Waals surface area contributed by atoms with Crippen molar-refractivity contribution in [1.29, 1.82) is 0 Å². The van der Waals surface area contributed by atoms with Gasteiger partial charge < -0.3 is 4.74 Å². The van der Waals surface area contributed by atoms with Gasteiger partial charge in [0.15, 0.2) is 0 Å². The molecule has 4 heteroatoms. The number of piperidine rings is 1. The second-order valence-electron chi connectivity index (χ2n) is 5.93. The summed E-state index contributed by atoms with van der Waals surface area (Å²) in [6.45, 7) is 1.50. The molecule has 20 heavy (non-hydrogen) atoms. The van der Waals surface area contributed by atoms with E-state index < -0.39 is 0 Å². The molecular formula is C16H20ClNO2. The Hall–Kier alpha value is -1.06. The van der Waals surface area contributed by atoms with Crippen LogP contribution < -0.4 is 0 Å². The molecule has 0 amide bonds. The van der Waals surface area contributed by atoms with E-state index in [1.807, 2.05) is 12.1 Å². The Morgan fingerprint density at radius 1 is 1.30 bits per heavy atom. The van der Waals surface area contributed by atoms with Crippen molar-refractivity contribution in [3.8, 4) is 0 Å². The lowest BCUT2D eigenvalue weighted by Gasteiger charge is -2.42. The standard InChI is InChI=1S/C16H20ClNO2/c1-10(19)20-16-14(11-3-5-12(17)6-4-11)9-13-7-8-15(16)18(13)2/h3-6,13-16H,7-9H2,1-2H3/t13-,14-,15-,16+/m1/s1. The third-order valence-corrected chi connectivity index (χ3v) is 5.05. The summed E-state index contributed by atoms with van der Waals surface area (Å²) in [5, 5.41) is 0.744. The van der Waals surface area contributed by atoms with E-state index >= 15 is 0 Å². The SMILES string of the molecule is CC(=O)O[C@H]1[C@@H](c2ccc(Cl)cc2)C[C@H]2CC[C@H]1N2C. The molecule has 0 saturated carbocycles. The molecule has 108 valence electrons. The predicted octanol–water partition coefficient (Wildman–Crippen LogP) is 3.22. The number of rotatable bonds is 2. The number of benzene rings is 1. The lowest BCUT2D eigenvalue weighted by Crippen LogP contribution is -2.50. The summed E-state index contributed by atoms with van der Waals surface area (Å²) in [4.78, 5) is 13.9. The Balaban J connectivity index is 1.91. The number of ether oxygens (including phenoxy) is 1. The molecule has 4 atom stereocenters. The number of hydrogen-bond acceptors (Lipinski definition) is 3. The first-order valence-corrected chi connectivity index (χ1v) is 7.58. The molecule has 1 aromatic rings. The van der Waals surface area contributed by atoms with Gasteiger partial charge >= 0.3 is 5.97 Å². The fourth-order valence-electron chi connectivity index (χ4n) is 3.80. The molecular weight excluding hydrogens is 274 g/mol. The number of halogens is 1. The van der Waals surface area contributed by atoms with Crippen LogP contribution in [0, 0.1) is 0 Å². The third kappa shape index (κ3) is 2.45. The summed E-state index contributed by atoms with van der Waals surface area (Å²) in [5.41, 5.74) is 1.23. The van der Waals surface area contributed by atoms with Gasteiger partial charge in [0.05, 0.1) is 0 Å². The predicted molar refractivity (Wildman–Crippen MR) is 78.9 cm³/mol. The number of fused-ring (bicyclic) bond motifs is 2. The minimum Gasteiger partial charge on any atom is -0.460 e. The highest BCUT2D eigenvalue weighted by molar-refractivity contribution is 6.30. The Bertz CT molecular complexity index is 502. The highest BCUT2D eigenvalue weighted by Gasteiger charge is 2.47. The van der Waals surface area contributed by atoms with Crippen LogP contribution in [-0.4, -0.2) is 36.1 Å². The Morgan fingerprint density at radius 2 is 2.00 bits per heavy atom. The molecule has 0 aromatic heterocycles. The second kappa shape index (κ2) is 5.38. The van der Waals surface area contributed by atoms with Crippen molar-refractivity contribution < 1.29 is 9.53 Å². The van der Waals surface area contributed by atoms with Crippen molar-refractivity contribution in [1.82, 2.24) is 4.90 Å². The maximum Gasteiger partial charge on any atom is 0.302 e. The Kier molecular flexibility index (Phi) is 3.74. The zero-order chi connectivity index (χ0) is 14.3. The number of hydrogen-bond donors (Lipinski definition) is 0. The minimum atomic E-state index is -0.187. The fourth-order valence-corrected chi connectivity index (χ4v) is 3.93. The van der Waals surface area contributed by atoms with Crippen molar-refractivity contribution in [3.05, 3.63) is 34.9 Å². The Morgan fingerprint density at radius 3 is 2.65 bits per heavy atom. The van der Waals surface area contributed by atoms with Crippen molar-refractivity contribution in [2.75, 3.05) is 7.05 Å². The normalized spacial score (nSPS) is 33.1. The summed E-state index contributed by atoms with van der Waals surface area (Å²) >= 11 is 5.97. The van der Waals surface area contributed by atoms with Crippen molar-refractivity contribution in [3.63, 3.8) is 0 Å². The number of esters is 1. The van der Waals surface area contributed by atoms with Crippen LogP contribution in [0.25, 0.3) is 0 Å². The lowest BCUT2D eigenvalue weighted by molar-refractivity contribution is -0.153. The molecule has 2 saturated heterocycles.